The highest BCUT2D eigenvalue weighted by Gasteiger charge is 2.49. The molecule has 0 N–H and O–H groups in total. The predicted molar refractivity (Wildman–Crippen MR) is 50.6 cm³/mol. The van der Waals surface area contributed by atoms with Gasteiger partial charge in [0.2, 0.25) is 0 Å². The van der Waals surface area contributed by atoms with E-state index in [1.54, 1.807) is 11.3 Å². The zero-order valence-corrected chi connectivity index (χ0v) is 8.10. The van der Waals surface area contributed by atoms with Gasteiger partial charge in [-0.25, -0.2) is 4.98 Å². The SMILES string of the molecule is N#CC1(c2scnc2C2CC2)CC1. The summed E-state index contributed by atoms with van der Waals surface area (Å²) in [5, 5.41) is 9.08. The second kappa shape index (κ2) is 2.33. The molecule has 2 saturated carbocycles. The zero-order chi connectivity index (χ0) is 8.89. The zero-order valence-electron chi connectivity index (χ0n) is 7.29. The topological polar surface area (TPSA) is 36.7 Å². The molecule has 1 aromatic heterocycles. The average Bonchev–Trinajstić information content (AvgIpc) is 3.07. The van der Waals surface area contributed by atoms with Gasteiger partial charge in [0.25, 0.3) is 0 Å². The minimum Gasteiger partial charge on any atom is -0.249 e. The highest BCUT2D eigenvalue weighted by molar-refractivity contribution is 7.10. The lowest BCUT2D eigenvalue weighted by atomic mass is 10.0. The molecular formula is C10H10N2S. The summed E-state index contributed by atoms with van der Waals surface area (Å²) < 4.78 is 0. The molecule has 1 heterocycles. The van der Waals surface area contributed by atoms with Crippen molar-refractivity contribution in [2.24, 2.45) is 0 Å². The number of rotatable bonds is 2. The fraction of sp³-hybridized carbons (Fsp3) is 0.600. The Kier molecular flexibility index (Phi) is 1.35. The molecule has 1 aromatic rings. The highest BCUT2D eigenvalue weighted by atomic mass is 32.1. The first-order valence-corrected chi connectivity index (χ1v) is 5.59. The number of hydrogen-bond acceptors (Lipinski definition) is 3. The largest absolute Gasteiger partial charge is 0.249 e. The lowest BCUT2D eigenvalue weighted by Gasteiger charge is -2.03. The lowest BCUT2D eigenvalue weighted by Crippen LogP contribution is -2.03. The van der Waals surface area contributed by atoms with Crippen LogP contribution < -0.4 is 0 Å². The van der Waals surface area contributed by atoms with Crippen LogP contribution in [0.2, 0.25) is 0 Å². The first-order chi connectivity index (χ1) is 6.36. The van der Waals surface area contributed by atoms with E-state index in [9.17, 15) is 0 Å². The summed E-state index contributed by atoms with van der Waals surface area (Å²) in [5.74, 6) is 0.687. The number of hydrogen-bond donors (Lipinski definition) is 0. The van der Waals surface area contributed by atoms with Crippen LogP contribution in [-0.4, -0.2) is 4.98 Å². The fourth-order valence-corrected chi connectivity index (χ4v) is 2.86. The summed E-state index contributed by atoms with van der Waals surface area (Å²) in [6.07, 6.45) is 4.65. The molecule has 3 rings (SSSR count). The minimum absolute atomic E-state index is 0.112. The second-order valence-corrected chi connectivity index (χ2v) is 4.89. The van der Waals surface area contributed by atoms with Gasteiger partial charge in [-0.1, -0.05) is 0 Å². The van der Waals surface area contributed by atoms with Gasteiger partial charge >= 0.3 is 0 Å². The first kappa shape index (κ1) is 7.52. The first-order valence-electron chi connectivity index (χ1n) is 4.71. The average molecular weight is 190 g/mol. The maximum atomic E-state index is 9.08. The Bertz CT molecular complexity index is 380. The summed E-state index contributed by atoms with van der Waals surface area (Å²) in [5.41, 5.74) is 3.03. The molecule has 13 heavy (non-hydrogen) atoms. The van der Waals surface area contributed by atoms with E-state index >= 15 is 0 Å². The van der Waals surface area contributed by atoms with Crippen molar-refractivity contribution in [3.63, 3.8) is 0 Å². The van der Waals surface area contributed by atoms with E-state index in [0.717, 1.165) is 12.8 Å². The molecule has 0 amide bonds. The molecule has 2 aliphatic rings. The molecule has 0 aliphatic heterocycles. The number of aromatic nitrogens is 1. The second-order valence-electron chi connectivity index (χ2n) is 4.03. The van der Waals surface area contributed by atoms with Crippen molar-refractivity contribution in [1.82, 2.24) is 4.98 Å². The van der Waals surface area contributed by atoms with Crippen LogP contribution in [0.15, 0.2) is 5.51 Å². The van der Waals surface area contributed by atoms with Crippen LogP contribution in [0.25, 0.3) is 0 Å². The van der Waals surface area contributed by atoms with E-state index < -0.39 is 0 Å². The molecular weight excluding hydrogens is 180 g/mol. The fourth-order valence-electron chi connectivity index (χ4n) is 1.78. The third-order valence-corrected chi connectivity index (χ3v) is 4.00. The molecule has 0 aromatic carbocycles. The Morgan fingerprint density at radius 1 is 1.54 bits per heavy atom. The van der Waals surface area contributed by atoms with Crippen LogP contribution in [0.5, 0.6) is 0 Å². The molecule has 3 heteroatoms. The van der Waals surface area contributed by atoms with Gasteiger partial charge < -0.3 is 0 Å². The molecule has 0 bridgehead atoms. The van der Waals surface area contributed by atoms with Gasteiger partial charge in [0, 0.05) is 10.8 Å². The summed E-state index contributed by atoms with van der Waals surface area (Å²) >= 11 is 1.68. The van der Waals surface area contributed by atoms with Crippen LogP contribution >= 0.6 is 11.3 Å². The van der Waals surface area contributed by atoms with Gasteiger partial charge in [-0.2, -0.15) is 5.26 Å². The van der Waals surface area contributed by atoms with Crippen LogP contribution in [0.4, 0.5) is 0 Å². The Labute approximate surface area is 81.2 Å². The van der Waals surface area contributed by atoms with Crippen LogP contribution in [0.3, 0.4) is 0 Å². The molecule has 2 nitrogen and oxygen atoms in total. The molecule has 0 saturated heterocycles. The summed E-state index contributed by atoms with van der Waals surface area (Å²) in [6, 6.07) is 2.45. The summed E-state index contributed by atoms with van der Waals surface area (Å²) in [7, 11) is 0. The van der Waals surface area contributed by atoms with Crippen molar-refractivity contribution in [2.75, 3.05) is 0 Å². The van der Waals surface area contributed by atoms with Crippen LogP contribution in [0.1, 0.15) is 42.2 Å². The van der Waals surface area contributed by atoms with Crippen molar-refractivity contribution in [3.05, 3.63) is 16.1 Å². The Morgan fingerprint density at radius 2 is 2.31 bits per heavy atom. The molecule has 0 radical (unpaired) electrons. The Morgan fingerprint density at radius 3 is 2.85 bits per heavy atom. The van der Waals surface area contributed by atoms with Crippen molar-refractivity contribution >= 4 is 11.3 Å². The van der Waals surface area contributed by atoms with Gasteiger partial charge in [-0.05, 0) is 25.7 Å². The molecule has 0 spiro atoms. The van der Waals surface area contributed by atoms with Crippen molar-refractivity contribution in [2.45, 2.75) is 37.0 Å². The molecule has 2 aliphatic carbocycles. The number of nitriles is 1. The van der Waals surface area contributed by atoms with Crippen LogP contribution in [-0.2, 0) is 5.41 Å². The Balaban J connectivity index is 2.04. The number of thiazole rings is 1. The maximum absolute atomic E-state index is 9.08. The highest BCUT2D eigenvalue weighted by Crippen LogP contribution is 2.54. The van der Waals surface area contributed by atoms with E-state index in [1.165, 1.54) is 23.4 Å². The molecule has 2 fully saturated rings. The third kappa shape index (κ3) is 1.02. The van der Waals surface area contributed by atoms with Crippen molar-refractivity contribution in [3.8, 4) is 6.07 Å². The minimum atomic E-state index is -0.112. The van der Waals surface area contributed by atoms with E-state index in [4.69, 9.17) is 5.26 Å². The quantitative estimate of drug-likeness (QED) is 0.718. The summed E-state index contributed by atoms with van der Waals surface area (Å²) in [4.78, 5) is 5.68. The molecule has 66 valence electrons. The molecule has 0 unspecified atom stereocenters. The van der Waals surface area contributed by atoms with E-state index in [0.29, 0.717) is 5.92 Å². The van der Waals surface area contributed by atoms with Crippen molar-refractivity contribution in [1.29, 1.82) is 5.26 Å². The van der Waals surface area contributed by atoms with E-state index in [2.05, 4.69) is 11.1 Å². The lowest BCUT2D eigenvalue weighted by molar-refractivity contribution is 0.884. The van der Waals surface area contributed by atoms with Gasteiger partial charge in [-0.3, -0.25) is 0 Å². The third-order valence-electron chi connectivity index (χ3n) is 2.96. The maximum Gasteiger partial charge on any atom is 0.0935 e. The van der Waals surface area contributed by atoms with E-state index in [-0.39, 0.29) is 5.41 Å². The van der Waals surface area contributed by atoms with Gasteiger partial charge in [0.1, 0.15) is 0 Å². The van der Waals surface area contributed by atoms with E-state index in [1.807, 2.05) is 5.51 Å². The van der Waals surface area contributed by atoms with Gasteiger partial charge in [-0.15, -0.1) is 11.3 Å². The van der Waals surface area contributed by atoms with Crippen molar-refractivity contribution < 1.29 is 0 Å². The standard InChI is InChI=1S/C10H10N2S/c11-5-10(3-4-10)9-8(7-1-2-7)12-6-13-9/h6-7H,1-4H2. The van der Waals surface area contributed by atoms with Crippen LogP contribution in [0, 0.1) is 11.3 Å². The van der Waals surface area contributed by atoms with Gasteiger partial charge in [0.05, 0.1) is 22.7 Å². The monoisotopic (exact) mass is 190 g/mol. The Hall–Kier alpha value is -0.880. The van der Waals surface area contributed by atoms with Gasteiger partial charge in [0.15, 0.2) is 0 Å². The predicted octanol–water partition coefficient (Wildman–Crippen LogP) is 2.58. The normalized spacial score (nSPS) is 23.9. The summed E-state index contributed by atoms with van der Waals surface area (Å²) in [6.45, 7) is 0. The smallest absolute Gasteiger partial charge is 0.0935 e. The number of nitrogens with zero attached hydrogens (tertiary/aromatic N) is 2. The molecule has 0 atom stereocenters.